The quantitative estimate of drug-likeness (QED) is 0.370. The maximum absolute atomic E-state index is 7.66. The minimum atomic E-state index is 0.694. The van der Waals surface area contributed by atoms with Crippen LogP contribution < -0.4 is 0 Å². The number of nitrogens with zero attached hydrogens (tertiary/aromatic N) is 1. The second-order valence-electron chi connectivity index (χ2n) is 0.445. The molecule has 1 N–H and O–H groups in total. The summed E-state index contributed by atoms with van der Waals surface area (Å²) in [5, 5.41) is 15.2. The Bertz CT molecular complexity index is 70.6. The van der Waals surface area contributed by atoms with E-state index in [2.05, 4.69) is 0 Å². The molecular weight excluding hydrogens is 90.1 g/mol. The molecule has 7 heavy (non-hydrogen) atoms. The summed E-state index contributed by atoms with van der Waals surface area (Å²) >= 11 is 0. The summed E-state index contributed by atoms with van der Waals surface area (Å²) in [6.07, 6.45) is 1.68. The lowest BCUT2D eigenvalue weighted by Gasteiger charge is -1.51. The van der Waals surface area contributed by atoms with Crippen molar-refractivity contribution < 1.29 is 5.11 Å². The average Bonchev–Trinajstić information content (AvgIpc) is 1.75. The highest BCUT2D eigenvalue weighted by molar-refractivity contribution is 4.96. The van der Waals surface area contributed by atoms with Gasteiger partial charge in [0.15, 0.2) is 0 Å². The number of nitriles is 1. The van der Waals surface area contributed by atoms with Crippen LogP contribution >= 0.6 is 0 Å². The lowest BCUT2D eigenvalue weighted by molar-refractivity contribution is 0.474. The first-order valence-electron chi connectivity index (χ1n) is 2.10. The normalized spacial score (nSPS) is 6.43. The van der Waals surface area contributed by atoms with E-state index in [1.54, 1.807) is 6.07 Å². The van der Waals surface area contributed by atoms with Crippen molar-refractivity contribution in [1.29, 1.82) is 5.26 Å². The van der Waals surface area contributed by atoms with Crippen LogP contribution in [0, 0.1) is 11.3 Å². The summed E-state index contributed by atoms with van der Waals surface area (Å²) in [6.45, 7) is 4.00. The molecule has 40 valence electrons. The van der Waals surface area contributed by atoms with Crippen molar-refractivity contribution in [3.63, 3.8) is 0 Å². The van der Waals surface area contributed by atoms with Gasteiger partial charge in [-0.15, -0.1) is 0 Å². The van der Waals surface area contributed by atoms with Gasteiger partial charge in [-0.05, 0) is 0 Å². The third kappa shape index (κ3) is 43.5. The molecule has 0 saturated carbocycles. The first-order chi connectivity index (χ1) is 3.41. The molecule has 0 radical (unpaired) electrons. The SMILES string of the molecule is CC.N#C/C=C\O. The van der Waals surface area contributed by atoms with Gasteiger partial charge in [-0.25, -0.2) is 0 Å². The maximum Gasteiger partial charge on any atom is 0.0944 e. The highest BCUT2D eigenvalue weighted by Gasteiger charge is 1.47. The highest BCUT2D eigenvalue weighted by Crippen LogP contribution is 1.53. The molecule has 0 bridgehead atoms. The van der Waals surface area contributed by atoms with Crippen molar-refractivity contribution in [3.05, 3.63) is 12.3 Å². The number of hydrogen-bond acceptors (Lipinski definition) is 2. The molecule has 0 aliphatic heterocycles. The molecule has 0 atom stereocenters. The van der Waals surface area contributed by atoms with Crippen molar-refractivity contribution >= 4 is 0 Å². The van der Waals surface area contributed by atoms with Gasteiger partial charge in [0.05, 0.1) is 18.4 Å². The van der Waals surface area contributed by atoms with E-state index in [0.29, 0.717) is 6.26 Å². The molecule has 0 aliphatic carbocycles. The van der Waals surface area contributed by atoms with Gasteiger partial charge >= 0.3 is 0 Å². The highest BCUT2D eigenvalue weighted by atomic mass is 16.2. The van der Waals surface area contributed by atoms with E-state index in [4.69, 9.17) is 10.4 Å². The van der Waals surface area contributed by atoms with E-state index in [1.165, 1.54) is 0 Å². The summed E-state index contributed by atoms with van der Waals surface area (Å²) in [6, 6.07) is 1.59. The maximum atomic E-state index is 7.66. The molecule has 2 heteroatoms. The molecule has 2 nitrogen and oxygen atoms in total. The summed E-state index contributed by atoms with van der Waals surface area (Å²) in [5.74, 6) is 0. The topological polar surface area (TPSA) is 44.0 Å². The number of allylic oxidation sites excluding steroid dienone is 1. The second kappa shape index (κ2) is 19.8. The first kappa shape index (κ1) is 9.39. The third-order valence-electron chi connectivity index (χ3n) is 0.149. The summed E-state index contributed by atoms with van der Waals surface area (Å²) in [5.41, 5.74) is 0. The van der Waals surface area contributed by atoms with E-state index < -0.39 is 0 Å². The van der Waals surface area contributed by atoms with Crippen LogP contribution in [0.5, 0.6) is 0 Å². The fraction of sp³-hybridized carbons (Fsp3) is 0.400. The molecule has 0 rings (SSSR count). The van der Waals surface area contributed by atoms with Crippen LogP contribution in [-0.2, 0) is 0 Å². The Labute approximate surface area is 43.7 Å². The van der Waals surface area contributed by atoms with Gasteiger partial charge in [0.2, 0.25) is 0 Å². The van der Waals surface area contributed by atoms with Crippen molar-refractivity contribution in [2.24, 2.45) is 0 Å². The minimum Gasteiger partial charge on any atom is -0.515 e. The second-order valence-corrected chi connectivity index (χ2v) is 0.445. The summed E-state index contributed by atoms with van der Waals surface area (Å²) in [4.78, 5) is 0. The zero-order valence-corrected chi connectivity index (χ0v) is 4.55. The first-order valence-corrected chi connectivity index (χ1v) is 2.10. The van der Waals surface area contributed by atoms with Gasteiger partial charge in [0.25, 0.3) is 0 Å². The molecule has 0 aromatic rings. The van der Waals surface area contributed by atoms with Crippen LogP contribution in [0.1, 0.15) is 13.8 Å². The standard InChI is InChI=1S/C3H3NO.C2H6/c4-2-1-3-5;1-2/h1,3,5H;1-2H3/b3-1-;. The predicted molar refractivity (Wildman–Crippen MR) is 28.7 cm³/mol. The molecule has 0 heterocycles. The van der Waals surface area contributed by atoms with Crippen LogP contribution in [0.4, 0.5) is 0 Å². The molecule has 0 spiro atoms. The van der Waals surface area contributed by atoms with E-state index >= 15 is 0 Å². The molecule has 0 fully saturated rings. The fourth-order valence-corrected chi connectivity index (χ4v) is 0.0333. The molecule has 0 aliphatic rings. The van der Waals surface area contributed by atoms with Crippen molar-refractivity contribution in [2.75, 3.05) is 0 Å². The Morgan fingerprint density at radius 3 is 2.00 bits per heavy atom. The van der Waals surface area contributed by atoms with Crippen molar-refractivity contribution in [2.45, 2.75) is 13.8 Å². The van der Waals surface area contributed by atoms with Gasteiger partial charge < -0.3 is 5.11 Å². The van der Waals surface area contributed by atoms with Gasteiger partial charge in [-0.1, -0.05) is 13.8 Å². The van der Waals surface area contributed by atoms with Gasteiger partial charge in [0.1, 0.15) is 0 Å². The third-order valence-corrected chi connectivity index (χ3v) is 0.149. The number of hydrogen-bond donors (Lipinski definition) is 1. The lowest BCUT2D eigenvalue weighted by Crippen LogP contribution is -1.42. The monoisotopic (exact) mass is 99.1 g/mol. The molecule has 0 saturated heterocycles. The molecular formula is C5H9NO. The van der Waals surface area contributed by atoms with Crippen LogP contribution in [0.25, 0.3) is 0 Å². The Morgan fingerprint density at radius 1 is 1.57 bits per heavy atom. The van der Waals surface area contributed by atoms with Gasteiger partial charge in [-0.2, -0.15) is 5.26 Å². The van der Waals surface area contributed by atoms with Crippen LogP contribution in [-0.4, -0.2) is 5.11 Å². The summed E-state index contributed by atoms with van der Waals surface area (Å²) in [7, 11) is 0. The van der Waals surface area contributed by atoms with Crippen LogP contribution in [0.15, 0.2) is 12.3 Å². The number of rotatable bonds is 0. The largest absolute Gasteiger partial charge is 0.515 e. The Hall–Kier alpha value is -0.970. The van der Waals surface area contributed by atoms with Crippen LogP contribution in [0.3, 0.4) is 0 Å². The van der Waals surface area contributed by atoms with E-state index in [-0.39, 0.29) is 0 Å². The minimum absolute atomic E-state index is 0.694. The van der Waals surface area contributed by atoms with E-state index in [1.807, 2.05) is 13.8 Å². The number of aliphatic hydroxyl groups is 1. The van der Waals surface area contributed by atoms with E-state index in [9.17, 15) is 0 Å². The van der Waals surface area contributed by atoms with Crippen LogP contribution in [0.2, 0.25) is 0 Å². The molecule has 0 unspecified atom stereocenters. The van der Waals surface area contributed by atoms with Crippen molar-refractivity contribution in [3.8, 4) is 6.07 Å². The predicted octanol–water partition coefficient (Wildman–Crippen LogP) is 1.61. The van der Waals surface area contributed by atoms with Gasteiger partial charge in [0, 0.05) is 0 Å². The lowest BCUT2D eigenvalue weighted by atomic mass is 10.7. The Kier molecular flexibility index (Phi) is 26.6. The zero-order valence-electron chi connectivity index (χ0n) is 4.55. The Morgan fingerprint density at radius 2 is 2.00 bits per heavy atom. The summed E-state index contributed by atoms with van der Waals surface area (Å²) < 4.78 is 0. The van der Waals surface area contributed by atoms with Gasteiger partial charge in [-0.3, -0.25) is 0 Å². The van der Waals surface area contributed by atoms with E-state index in [0.717, 1.165) is 6.08 Å². The average molecular weight is 99.1 g/mol. The zero-order chi connectivity index (χ0) is 6.12. The fourth-order valence-electron chi connectivity index (χ4n) is 0.0333. The van der Waals surface area contributed by atoms with Crippen molar-refractivity contribution in [1.82, 2.24) is 0 Å². The molecule has 0 aromatic carbocycles. The molecule has 0 aromatic heterocycles. The molecule has 0 amide bonds. The Balaban J connectivity index is 0. The number of aliphatic hydroxyl groups excluding tert-OH is 1. The smallest absolute Gasteiger partial charge is 0.0944 e.